The van der Waals surface area contributed by atoms with Crippen LogP contribution in [0.1, 0.15) is 92.4 Å². The number of ether oxygens (including phenoxy) is 8. The fourth-order valence-corrected chi connectivity index (χ4v) is 14.5. The number of allylic oxidation sites excluding steroid dienone is 1. The Hall–Kier alpha value is -1.22. The van der Waals surface area contributed by atoms with Crippen molar-refractivity contribution in [2.45, 2.75) is 233 Å². The molecule has 0 aromatic heterocycles. The summed E-state index contributed by atoms with van der Waals surface area (Å²) in [5, 5.41) is 171. The molecule has 16 N–H and O–H groups in total. The predicted molar refractivity (Wildman–Crippen MR) is 254 cm³/mol. The number of fused-ring (bicyclic) bond motifs is 5. The summed E-state index contributed by atoms with van der Waals surface area (Å²) in [6, 6.07) is 0. The lowest BCUT2D eigenvalue weighted by atomic mass is 9.46. The van der Waals surface area contributed by atoms with E-state index in [1.165, 1.54) is 6.92 Å². The molecule has 24 nitrogen and oxygen atoms in total. The van der Waals surface area contributed by atoms with E-state index in [-0.39, 0.29) is 42.1 Å². The average molecular weight is 1080 g/mol. The van der Waals surface area contributed by atoms with E-state index in [9.17, 15) is 81.7 Å². The first-order chi connectivity index (χ1) is 35.3. The van der Waals surface area contributed by atoms with E-state index in [2.05, 4.69) is 19.9 Å². The van der Waals surface area contributed by atoms with Gasteiger partial charge in [0.05, 0.1) is 44.7 Å². The Labute approximate surface area is 436 Å². The highest BCUT2D eigenvalue weighted by Crippen LogP contribution is 2.68. The van der Waals surface area contributed by atoms with Gasteiger partial charge in [0.1, 0.15) is 91.6 Å². The van der Waals surface area contributed by atoms with Gasteiger partial charge in [-0.3, -0.25) is 0 Å². The number of aliphatic hydroxyl groups is 16. The van der Waals surface area contributed by atoms with Gasteiger partial charge in [-0.05, 0) is 98.7 Å². The van der Waals surface area contributed by atoms with Gasteiger partial charge >= 0.3 is 0 Å². The Morgan fingerprint density at radius 2 is 1.19 bits per heavy atom. The van der Waals surface area contributed by atoms with Crippen molar-refractivity contribution < 1.29 is 120 Å². The molecule has 434 valence electrons. The highest BCUT2D eigenvalue weighted by atomic mass is 16.8. The summed E-state index contributed by atoms with van der Waals surface area (Å²) in [7, 11) is 0. The van der Waals surface area contributed by atoms with Crippen molar-refractivity contribution in [3.05, 3.63) is 11.6 Å². The summed E-state index contributed by atoms with van der Waals surface area (Å²) in [5.41, 5.74) is 0.479. The second kappa shape index (κ2) is 23.7. The standard InChI is InChI=1S/C51H86O24/c1-20(19-68-45-39(62)37(60)34(57)29(16-52)71-45)8-13-51(66,67)21(2)32-28(55)15-27-25-7-6-23-14-24(9-11-49(23,4)26(25)10-12-50(27,32)5)70-48-44(75-46-40(63)36(59)33(56)22(3)69-46)42(65)43(31(18-54)73-48)74-47-41(64)38(61)35(58)30(17-53)72-47/h6,20-22,24-48,52-67H,7-19H2,1-5H3. The zero-order valence-corrected chi connectivity index (χ0v) is 43.4. The third-order valence-electron chi connectivity index (χ3n) is 19.2. The fourth-order valence-electron chi connectivity index (χ4n) is 14.5. The Morgan fingerprint density at radius 3 is 1.81 bits per heavy atom. The SMILES string of the molecule is CC(CCC(O)(O)C(C)C1C(O)CC2C3CC=C4CC(OC5OC(CO)C(OC6OC(CO)C(O)C(O)C6O)C(O)C5OC5OC(C)C(O)C(O)C5O)CCC4(C)C3CCC21C)COC1OC(CO)C(O)C(O)C1O. The molecule has 0 bridgehead atoms. The minimum Gasteiger partial charge on any atom is -0.394 e. The Balaban J connectivity index is 0.928. The molecule has 0 spiro atoms. The average Bonchev–Trinajstić information content (AvgIpc) is 3.66. The molecule has 8 aliphatic rings. The van der Waals surface area contributed by atoms with Gasteiger partial charge in [0.2, 0.25) is 0 Å². The van der Waals surface area contributed by atoms with Crippen LogP contribution in [-0.4, -0.2) is 249 Å². The van der Waals surface area contributed by atoms with Crippen LogP contribution >= 0.6 is 0 Å². The summed E-state index contributed by atoms with van der Waals surface area (Å²) < 4.78 is 47.4. The lowest BCUT2D eigenvalue weighted by Crippen LogP contribution is -2.67. The molecule has 0 radical (unpaired) electrons. The molecule has 30 atom stereocenters. The van der Waals surface area contributed by atoms with Crippen molar-refractivity contribution in [2.24, 2.45) is 46.3 Å². The third-order valence-corrected chi connectivity index (χ3v) is 19.2. The van der Waals surface area contributed by atoms with Gasteiger partial charge in [0.25, 0.3) is 0 Å². The Kier molecular flexibility index (Phi) is 18.9. The van der Waals surface area contributed by atoms with E-state index < -0.39 is 178 Å². The maximum absolute atomic E-state index is 12.0. The first-order valence-corrected chi connectivity index (χ1v) is 27.0. The van der Waals surface area contributed by atoms with Gasteiger partial charge in [-0.15, -0.1) is 0 Å². The summed E-state index contributed by atoms with van der Waals surface area (Å²) in [6.45, 7) is 7.39. The monoisotopic (exact) mass is 1080 g/mol. The summed E-state index contributed by atoms with van der Waals surface area (Å²) in [5.74, 6) is -3.05. The number of hydrogen-bond acceptors (Lipinski definition) is 24. The van der Waals surface area contributed by atoms with Gasteiger partial charge in [-0.2, -0.15) is 0 Å². The van der Waals surface area contributed by atoms with E-state index in [1.54, 1.807) is 6.92 Å². The number of aliphatic hydroxyl groups excluding tert-OH is 14. The van der Waals surface area contributed by atoms with Gasteiger partial charge < -0.3 is 120 Å². The molecular formula is C51H86O24. The second-order valence-electron chi connectivity index (χ2n) is 23.8. The Morgan fingerprint density at radius 1 is 0.627 bits per heavy atom. The van der Waals surface area contributed by atoms with Gasteiger partial charge in [0, 0.05) is 12.3 Å². The fraction of sp³-hybridized carbons (Fsp3) is 0.961. The molecular weight excluding hydrogens is 997 g/mol. The zero-order chi connectivity index (χ0) is 54.8. The maximum atomic E-state index is 12.0. The highest BCUT2D eigenvalue weighted by molar-refractivity contribution is 5.26. The lowest BCUT2D eigenvalue weighted by molar-refractivity contribution is -0.389. The maximum Gasteiger partial charge on any atom is 0.187 e. The summed E-state index contributed by atoms with van der Waals surface area (Å²) >= 11 is 0. The molecule has 4 aliphatic heterocycles. The molecule has 24 heteroatoms. The van der Waals surface area contributed by atoms with Crippen LogP contribution in [0.15, 0.2) is 11.6 Å². The number of hydrogen-bond donors (Lipinski definition) is 16. The van der Waals surface area contributed by atoms with E-state index in [1.807, 2.05) is 6.92 Å². The second-order valence-corrected chi connectivity index (χ2v) is 23.8. The van der Waals surface area contributed by atoms with E-state index in [4.69, 9.17) is 37.9 Å². The number of rotatable bonds is 17. The van der Waals surface area contributed by atoms with Crippen LogP contribution < -0.4 is 0 Å². The van der Waals surface area contributed by atoms with Crippen LogP contribution in [0.25, 0.3) is 0 Å². The van der Waals surface area contributed by atoms with Crippen molar-refractivity contribution in [1.29, 1.82) is 0 Å². The van der Waals surface area contributed by atoms with Gasteiger partial charge in [0.15, 0.2) is 30.9 Å². The summed E-state index contributed by atoms with van der Waals surface area (Å²) in [6.07, 6.45) is -25.4. The van der Waals surface area contributed by atoms with Crippen molar-refractivity contribution in [3.63, 3.8) is 0 Å². The van der Waals surface area contributed by atoms with Crippen LogP contribution in [0.5, 0.6) is 0 Å². The molecule has 4 heterocycles. The lowest BCUT2D eigenvalue weighted by Gasteiger charge is -2.59. The first-order valence-electron chi connectivity index (χ1n) is 27.0. The quantitative estimate of drug-likeness (QED) is 0.0487. The smallest absolute Gasteiger partial charge is 0.187 e. The molecule has 0 aromatic rings. The van der Waals surface area contributed by atoms with E-state index in [0.717, 1.165) is 18.4 Å². The predicted octanol–water partition coefficient (Wildman–Crippen LogP) is -4.05. The first kappa shape index (κ1) is 59.9. The normalized spacial score (nSPS) is 51.3. The van der Waals surface area contributed by atoms with Crippen LogP contribution in [0.3, 0.4) is 0 Å². The molecule has 7 fully saturated rings. The summed E-state index contributed by atoms with van der Waals surface area (Å²) in [4.78, 5) is 0. The molecule has 4 saturated heterocycles. The van der Waals surface area contributed by atoms with Gasteiger partial charge in [-0.1, -0.05) is 39.3 Å². The molecule has 8 rings (SSSR count). The minimum absolute atomic E-state index is 0.0191. The molecule has 75 heavy (non-hydrogen) atoms. The Bertz CT molecular complexity index is 1900. The van der Waals surface area contributed by atoms with Crippen LogP contribution in [0.4, 0.5) is 0 Å². The molecule has 30 unspecified atom stereocenters. The van der Waals surface area contributed by atoms with Crippen LogP contribution in [0.2, 0.25) is 0 Å². The topological polar surface area (TPSA) is 398 Å². The zero-order valence-electron chi connectivity index (χ0n) is 43.4. The third kappa shape index (κ3) is 11.4. The van der Waals surface area contributed by atoms with Crippen LogP contribution in [-0.2, 0) is 37.9 Å². The van der Waals surface area contributed by atoms with Crippen LogP contribution in [0, 0.1) is 46.3 Å². The molecule has 0 aromatic carbocycles. The largest absolute Gasteiger partial charge is 0.394 e. The van der Waals surface area contributed by atoms with E-state index >= 15 is 0 Å². The highest BCUT2D eigenvalue weighted by Gasteiger charge is 2.64. The van der Waals surface area contributed by atoms with Gasteiger partial charge in [-0.25, -0.2) is 0 Å². The molecule has 4 aliphatic carbocycles. The van der Waals surface area contributed by atoms with Crippen molar-refractivity contribution in [2.75, 3.05) is 26.4 Å². The minimum atomic E-state index is -2.15. The molecule has 3 saturated carbocycles. The molecule has 0 amide bonds. The van der Waals surface area contributed by atoms with Crippen molar-refractivity contribution in [1.82, 2.24) is 0 Å². The van der Waals surface area contributed by atoms with Crippen molar-refractivity contribution >= 4 is 0 Å². The van der Waals surface area contributed by atoms with Crippen molar-refractivity contribution in [3.8, 4) is 0 Å². The van der Waals surface area contributed by atoms with E-state index in [0.29, 0.717) is 38.5 Å².